The van der Waals surface area contributed by atoms with Crippen LogP contribution in [0.25, 0.3) is 10.9 Å². The molecule has 0 saturated carbocycles. The Morgan fingerprint density at radius 3 is 2.84 bits per heavy atom. The number of benzene rings is 1. The molecule has 1 spiro atoms. The maximum absolute atomic E-state index is 13.3. The van der Waals surface area contributed by atoms with Gasteiger partial charge in [0.05, 0.1) is 30.4 Å². The average Bonchev–Trinajstić information content (AvgIpc) is 3.28. The number of hydrogen-bond acceptors (Lipinski definition) is 6. The fraction of sp³-hybridized carbons (Fsp3) is 0.364. The van der Waals surface area contributed by atoms with Crippen molar-refractivity contribution in [3.63, 3.8) is 0 Å². The molecular formula is C22H23N5O5. The Morgan fingerprint density at radius 2 is 2.09 bits per heavy atom. The fourth-order valence-electron chi connectivity index (χ4n) is 4.56. The maximum atomic E-state index is 13.3. The molecule has 2 aromatic heterocycles. The van der Waals surface area contributed by atoms with Crippen LogP contribution in [-0.4, -0.2) is 63.0 Å². The first kappa shape index (κ1) is 20.1. The molecule has 10 heteroatoms. The SMILES string of the molecule is COc1ccc2c(n1)C(NC(=O)c1cccc3cn[nH]c13)CC1(CCN(C(=O)O)CC1)O2. The van der Waals surface area contributed by atoms with Crippen LogP contribution >= 0.6 is 0 Å². The number of para-hydroxylation sites is 1. The Bertz CT molecular complexity index is 1180. The summed E-state index contributed by atoms with van der Waals surface area (Å²) in [5.74, 6) is 0.755. The number of aromatic nitrogens is 3. The standard InChI is InChI=1S/C22H23N5O5/c1-31-17-6-5-16-19(25-17)15(11-22(32-16)7-9-27(10-8-22)21(29)30)24-20(28)14-4-2-3-13-12-23-26-18(13)14/h2-6,12,15H,7-11H2,1H3,(H,23,26)(H,24,28)(H,29,30). The molecule has 3 N–H and O–H groups in total. The van der Waals surface area contributed by atoms with Crippen molar-refractivity contribution in [2.75, 3.05) is 20.2 Å². The molecule has 1 aromatic carbocycles. The smallest absolute Gasteiger partial charge is 0.407 e. The Hall–Kier alpha value is -3.82. The molecule has 1 saturated heterocycles. The zero-order chi connectivity index (χ0) is 22.3. The minimum atomic E-state index is -0.931. The van der Waals surface area contributed by atoms with Gasteiger partial charge in [-0.15, -0.1) is 0 Å². The number of aromatic amines is 1. The Kier molecular flexibility index (Phi) is 4.84. The quantitative estimate of drug-likeness (QED) is 0.574. The summed E-state index contributed by atoms with van der Waals surface area (Å²) in [5, 5.41) is 20.2. The molecule has 4 heterocycles. The normalized spacial score (nSPS) is 19.3. The van der Waals surface area contributed by atoms with Gasteiger partial charge in [0.2, 0.25) is 5.88 Å². The number of nitrogens with one attached hydrogen (secondary N) is 2. The molecule has 1 atom stereocenters. The van der Waals surface area contributed by atoms with Gasteiger partial charge in [-0.3, -0.25) is 9.89 Å². The van der Waals surface area contributed by atoms with E-state index >= 15 is 0 Å². The second kappa shape index (κ2) is 7.70. The largest absolute Gasteiger partial charge is 0.485 e. The topological polar surface area (TPSA) is 130 Å². The highest BCUT2D eigenvalue weighted by molar-refractivity contribution is 6.05. The van der Waals surface area contributed by atoms with Crippen LogP contribution in [-0.2, 0) is 0 Å². The van der Waals surface area contributed by atoms with Gasteiger partial charge < -0.3 is 24.8 Å². The lowest BCUT2D eigenvalue weighted by Crippen LogP contribution is -2.53. The van der Waals surface area contributed by atoms with E-state index in [2.05, 4.69) is 20.5 Å². The molecule has 3 aromatic rings. The van der Waals surface area contributed by atoms with Crippen molar-refractivity contribution in [3.8, 4) is 11.6 Å². The highest BCUT2D eigenvalue weighted by Crippen LogP contribution is 2.44. The number of carboxylic acid groups (broad SMARTS) is 1. The molecule has 10 nitrogen and oxygen atoms in total. The van der Waals surface area contributed by atoms with E-state index in [1.807, 2.05) is 12.1 Å². The van der Waals surface area contributed by atoms with Crippen LogP contribution in [0.3, 0.4) is 0 Å². The van der Waals surface area contributed by atoms with Crippen LogP contribution in [0.15, 0.2) is 36.5 Å². The molecule has 1 fully saturated rings. The number of amides is 2. The van der Waals surface area contributed by atoms with E-state index < -0.39 is 17.7 Å². The van der Waals surface area contributed by atoms with Gasteiger partial charge in [0.1, 0.15) is 17.0 Å². The number of ether oxygens (including phenoxy) is 2. The monoisotopic (exact) mass is 437 g/mol. The van der Waals surface area contributed by atoms with Crippen molar-refractivity contribution in [3.05, 3.63) is 47.8 Å². The number of likely N-dealkylation sites (tertiary alicyclic amines) is 1. The zero-order valence-electron chi connectivity index (χ0n) is 17.5. The number of hydrogen-bond donors (Lipinski definition) is 3. The van der Waals surface area contributed by atoms with E-state index in [0.29, 0.717) is 60.8 Å². The van der Waals surface area contributed by atoms with E-state index in [-0.39, 0.29) is 5.91 Å². The molecule has 2 aliphatic rings. The van der Waals surface area contributed by atoms with Gasteiger partial charge in [-0.05, 0) is 12.1 Å². The van der Waals surface area contributed by atoms with Gasteiger partial charge >= 0.3 is 6.09 Å². The van der Waals surface area contributed by atoms with E-state index in [1.54, 1.807) is 24.4 Å². The lowest BCUT2D eigenvalue weighted by molar-refractivity contribution is -0.0218. The maximum Gasteiger partial charge on any atom is 0.407 e. The first-order valence-corrected chi connectivity index (χ1v) is 10.4. The van der Waals surface area contributed by atoms with Crippen LogP contribution in [0.5, 0.6) is 11.6 Å². The number of fused-ring (bicyclic) bond motifs is 2. The Balaban J connectivity index is 1.46. The lowest BCUT2D eigenvalue weighted by atomic mass is 9.81. The van der Waals surface area contributed by atoms with Crippen LogP contribution in [0.4, 0.5) is 4.79 Å². The Morgan fingerprint density at radius 1 is 1.28 bits per heavy atom. The van der Waals surface area contributed by atoms with Crippen molar-refractivity contribution in [2.24, 2.45) is 0 Å². The van der Waals surface area contributed by atoms with Crippen LogP contribution in [0.1, 0.15) is 41.4 Å². The summed E-state index contributed by atoms with van der Waals surface area (Å²) in [7, 11) is 1.54. The van der Waals surface area contributed by atoms with E-state index in [9.17, 15) is 14.7 Å². The average molecular weight is 437 g/mol. The van der Waals surface area contributed by atoms with Crippen molar-refractivity contribution < 1.29 is 24.2 Å². The van der Waals surface area contributed by atoms with E-state index in [4.69, 9.17) is 9.47 Å². The van der Waals surface area contributed by atoms with Gasteiger partial charge in [0.15, 0.2) is 0 Å². The van der Waals surface area contributed by atoms with Crippen molar-refractivity contribution >= 4 is 22.9 Å². The van der Waals surface area contributed by atoms with Gasteiger partial charge in [0, 0.05) is 43.8 Å². The number of H-pyrrole nitrogens is 1. The molecule has 0 aliphatic carbocycles. The molecular weight excluding hydrogens is 414 g/mol. The van der Waals surface area contributed by atoms with Crippen molar-refractivity contribution in [1.82, 2.24) is 25.4 Å². The van der Waals surface area contributed by atoms with Gasteiger partial charge in [-0.2, -0.15) is 5.10 Å². The summed E-state index contributed by atoms with van der Waals surface area (Å²) >= 11 is 0. The first-order chi connectivity index (χ1) is 15.5. The summed E-state index contributed by atoms with van der Waals surface area (Å²) in [5.41, 5.74) is 1.18. The summed E-state index contributed by atoms with van der Waals surface area (Å²) in [6.45, 7) is 0.755. The van der Waals surface area contributed by atoms with Crippen LogP contribution in [0.2, 0.25) is 0 Å². The van der Waals surface area contributed by atoms with Crippen molar-refractivity contribution in [2.45, 2.75) is 30.9 Å². The third-order valence-electron chi connectivity index (χ3n) is 6.27. The van der Waals surface area contributed by atoms with E-state index in [1.165, 1.54) is 12.0 Å². The molecule has 0 radical (unpaired) electrons. The molecule has 5 rings (SSSR count). The fourth-order valence-corrected chi connectivity index (χ4v) is 4.56. The predicted molar refractivity (Wildman–Crippen MR) is 114 cm³/mol. The second-order valence-corrected chi connectivity index (χ2v) is 8.16. The predicted octanol–water partition coefficient (Wildman–Crippen LogP) is 2.73. The van der Waals surface area contributed by atoms with Crippen molar-refractivity contribution in [1.29, 1.82) is 0 Å². The number of carbonyl (C=O) groups excluding carboxylic acids is 1. The molecule has 32 heavy (non-hydrogen) atoms. The number of methoxy groups -OCH3 is 1. The third kappa shape index (κ3) is 3.47. The number of piperidine rings is 1. The number of rotatable bonds is 3. The second-order valence-electron chi connectivity index (χ2n) is 8.16. The number of pyridine rings is 1. The molecule has 1 unspecified atom stereocenters. The molecule has 2 amide bonds. The zero-order valence-corrected chi connectivity index (χ0v) is 17.5. The van der Waals surface area contributed by atoms with Gasteiger partial charge in [-0.25, -0.2) is 9.78 Å². The van der Waals surface area contributed by atoms with Gasteiger partial charge in [-0.1, -0.05) is 12.1 Å². The summed E-state index contributed by atoms with van der Waals surface area (Å²) in [6, 6.07) is 8.54. The Labute approximate surface area is 183 Å². The van der Waals surface area contributed by atoms with Crippen LogP contribution < -0.4 is 14.8 Å². The van der Waals surface area contributed by atoms with Crippen LogP contribution in [0, 0.1) is 0 Å². The van der Waals surface area contributed by atoms with Gasteiger partial charge in [0.25, 0.3) is 5.91 Å². The number of nitrogens with zero attached hydrogens (tertiary/aromatic N) is 3. The minimum absolute atomic E-state index is 0.250. The molecule has 0 bridgehead atoms. The first-order valence-electron chi connectivity index (χ1n) is 10.4. The minimum Gasteiger partial charge on any atom is -0.485 e. The number of carbonyl (C=O) groups is 2. The third-order valence-corrected chi connectivity index (χ3v) is 6.27. The highest BCUT2D eigenvalue weighted by atomic mass is 16.5. The lowest BCUT2D eigenvalue weighted by Gasteiger charge is -2.46. The summed E-state index contributed by atoms with van der Waals surface area (Å²) < 4.78 is 11.6. The molecule has 166 valence electrons. The summed E-state index contributed by atoms with van der Waals surface area (Å²) in [6.07, 6.45) is 2.30. The van der Waals surface area contributed by atoms with E-state index in [0.717, 1.165) is 5.39 Å². The summed E-state index contributed by atoms with van der Waals surface area (Å²) in [4.78, 5) is 30.5. The highest BCUT2D eigenvalue weighted by Gasteiger charge is 2.45. The molecule has 2 aliphatic heterocycles.